The molecule has 15 heteroatoms. The smallest absolute Gasteiger partial charge is 0.356 e. The van der Waals surface area contributed by atoms with E-state index in [1.165, 1.54) is 28.0 Å². The molecule has 2 aliphatic heterocycles. The zero-order valence-corrected chi connectivity index (χ0v) is 45.8. The van der Waals surface area contributed by atoms with Crippen molar-refractivity contribution in [2.24, 2.45) is 5.16 Å². The van der Waals surface area contributed by atoms with Gasteiger partial charge in [-0.1, -0.05) is 248 Å². The number of ether oxygens (including phenoxy) is 2. The summed E-state index contributed by atoms with van der Waals surface area (Å²) in [7, 11) is 0. The van der Waals surface area contributed by atoms with Crippen LogP contribution < -0.4 is 10.6 Å². The Hall–Kier alpha value is -9.08. The number of oxime groups is 1. The minimum absolute atomic E-state index is 0.0285. The maximum atomic E-state index is 15.2. The topological polar surface area (TPSA) is 149 Å². The second-order valence-corrected chi connectivity index (χ2v) is 21.3. The summed E-state index contributed by atoms with van der Waals surface area (Å²) < 4.78 is 12.6. The van der Waals surface area contributed by atoms with Crippen molar-refractivity contribution >= 4 is 69.3 Å². The third-order valence-electron chi connectivity index (χ3n) is 14.0. The number of halogens is 1. The molecule has 11 rings (SSSR count). The number of fused-ring (bicyclic) bond motifs is 1. The number of hydrogen-bond donors (Lipinski definition) is 2. The van der Waals surface area contributed by atoms with Crippen molar-refractivity contribution in [3.63, 3.8) is 0 Å². The first-order valence-corrected chi connectivity index (χ1v) is 28.6. The fraction of sp³-hybridized carbons (Fsp3) is 0.121. The fourth-order valence-corrected chi connectivity index (χ4v) is 12.5. The van der Waals surface area contributed by atoms with E-state index >= 15 is 4.79 Å². The zero-order valence-electron chi connectivity index (χ0n) is 43.4. The van der Waals surface area contributed by atoms with Gasteiger partial charge in [0.15, 0.2) is 23.1 Å². The van der Waals surface area contributed by atoms with E-state index < -0.39 is 59.0 Å². The molecule has 0 saturated carbocycles. The first kappa shape index (κ1) is 53.9. The number of esters is 2. The Morgan fingerprint density at radius 2 is 1.02 bits per heavy atom. The summed E-state index contributed by atoms with van der Waals surface area (Å²) in [6.07, 6.45) is -3.11. The van der Waals surface area contributed by atoms with E-state index in [1.807, 2.05) is 212 Å². The van der Waals surface area contributed by atoms with E-state index in [0.717, 1.165) is 38.9 Å². The minimum Gasteiger partial charge on any atom is -0.449 e. The molecule has 2 amide bonds. The number of alkyl halides is 1. The molecule has 3 atom stereocenters. The van der Waals surface area contributed by atoms with Crippen LogP contribution >= 0.6 is 34.7 Å². The number of amides is 2. The lowest BCUT2D eigenvalue weighted by atomic mass is 9.77. The summed E-state index contributed by atoms with van der Waals surface area (Å²) in [6, 6.07) is 75.0. The molecule has 1 aromatic heterocycles. The predicted molar refractivity (Wildman–Crippen MR) is 316 cm³/mol. The average molecular weight is 1130 g/mol. The van der Waals surface area contributed by atoms with E-state index in [4.69, 9.17) is 30.9 Å². The highest BCUT2D eigenvalue weighted by Crippen LogP contribution is 2.43. The summed E-state index contributed by atoms with van der Waals surface area (Å²) in [5.74, 6) is -2.67. The average Bonchev–Trinajstić information content (AvgIpc) is 4.04. The molecule has 2 N–H and O–H groups in total. The Morgan fingerprint density at radius 3 is 1.47 bits per heavy atom. The largest absolute Gasteiger partial charge is 0.449 e. The maximum Gasteiger partial charge on any atom is 0.356 e. The molecule has 2 unspecified atom stereocenters. The van der Waals surface area contributed by atoms with Gasteiger partial charge in [0.05, 0.1) is 0 Å². The molecular formula is C66H52ClN5O7S2. The Morgan fingerprint density at radius 1 is 0.605 bits per heavy atom. The van der Waals surface area contributed by atoms with E-state index in [2.05, 4.69) is 15.8 Å². The van der Waals surface area contributed by atoms with Crippen LogP contribution in [0.2, 0.25) is 0 Å². The van der Waals surface area contributed by atoms with Crippen LogP contribution in [0.1, 0.15) is 68.5 Å². The molecule has 1 fully saturated rings. The Kier molecular flexibility index (Phi) is 16.6. The van der Waals surface area contributed by atoms with Crippen LogP contribution in [0.5, 0.6) is 0 Å². The molecule has 81 heavy (non-hydrogen) atoms. The highest BCUT2D eigenvalue weighted by molar-refractivity contribution is 8.00. The number of anilines is 1. The van der Waals surface area contributed by atoms with Crippen LogP contribution in [0.25, 0.3) is 0 Å². The van der Waals surface area contributed by atoms with Crippen LogP contribution in [0.3, 0.4) is 0 Å². The number of thiazole rings is 1. The Bertz CT molecular complexity index is 3500. The van der Waals surface area contributed by atoms with Gasteiger partial charge < -0.3 is 24.9 Å². The number of nitrogens with one attached hydrogen (secondary N) is 2. The van der Waals surface area contributed by atoms with Gasteiger partial charge in [0, 0.05) is 22.6 Å². The maximum absolute atomic E-state index is 15.2. The van der Waals surface area contributed by atoms with E-state index in [1.54, 1.807) is 35.7 Å². The van der Waals surface area contributed by atoms with Crippen LogP contribution in [-0.4, -0.2) is 62.4 Å². The second kappa shape index (κ2) is 24.9. The number of carbonyl (C=O) groups excluding carboxylic acids is 4. The van der Waals surface area contributed by atoms with Gasteiger partial charge in [0.1, 0.15) is 28.3 Å². The van der Waals surface area contributed by atoms with Crippen molar-refractivity contribution in [1.82, 2.24) is 15.2 Å². The Labute approximate surface area is 482 Å². The van der Waals surface area contributed by atoms with Gasteiger partial charge in [0.25, 0.3) is 11.8 Å². The lowest BCUT2D eigenvalue weighted by molar-refractivity contribution is -0.162. The Balaban J connectivity index is 0.943. The quantitative estimate of drug-likeness (QED) is 0.0189. The summed E-state index contributed by atoms with van der Waals surface area (Å²) in [5, 5.41) is 12.5. The van der Waals surface area contributed by atoms with Crippen molar-refractivity contribution in [2.45, 2.75) is 35.3 Å². The molecule has 3 heterocycles. The fourth-order valence-electron chi connectivity index (χ4n) is 10.1. The predicted octanol–water partition coefficient (Wildman–Crippen LogP) is 12.6. The zero-order chi connectivity index (χ0) is 55.5. The van der Waals surface area contributed by atoms with Crippen LogP contribution in [0, 0.1) is 0 Å². The third kappa shape index (κ3) is 11.5. The second-order valence-electron chi connectivity index (χ2n) is 19.0. The number of thioether (sulfide) groups is 1. The van der Waals surface area contributed by atoms with Crippen molar-refractivity contribution in [2.75, 3.05) is 16.9 Å². The van der Waals surface area contributed by atoms with Gasteiger partial charge in [-0.25, -0.2) is 14.6 Å². The number of nitrogens with zero attached hydrogens (tertiary/aromatic N) is 3. The lowest BCUT2D eigenvalue weighted by Gasteiger charge is -2.49. The molecule has 12 nitrogen and oxygen atoms in total. The van der Waals surface area contributed by atoms with Gasteiger partial charge in [-0.3, -0.25) is 14.5 Å². The SMILES string of the molecule is O=C(NC1C(=O)N2C(C(=O)OC(c3ccccc3)c3ccccc3)=C(CCl)CS[C@@H]12)C(=NOC(C(=O)OC(c1ccccc1)c1ccccc1)c1ccccc1)c1csc(NC(c2ccccc2)(c2ccccc2)c2ccccc2)n1. The number of carbonyl (C=O) groups is 4. The van der Waals surface area contributed by atoms with Gasteiger partial charge in [0.2, 0.25) is 6.10 Å². The summed E-state index contributed by atoms with van der Waals surface area (Å²) >= 11 is 9.09. The highest BCUT2D eigenvalue weighted by Gasteiger charge is 2.55. The first-order chi connectivity index (χ1) is 39.8. The normalized spacial score (nSPS) is 15.5. The van der Waals surface area contributed by atoms with Crippen molar-refractivity contribution < 1.29 is 33.5 Å². The highest BCUT2D eigenvalue weighted by atomic mass is 35.5. The minimum atomic E-state index is -1.49. The lowest BCUT2D eigenvalue weighted by Crippen LogP contribution is -2.71. The van der Waals surface area contributed by atoms with Crippen molar-refractivity contribution in [1.29, 1.82) is 0 Å². The summed E-state index contributed by atoms with van der Waals surface area (Å²) in [6.45, 7) is 0. The molecular weight excluding hydrogens is 1070 g/mol. The van der Waals surface area contributed by atoms with Crippen molar-refractivity contribution in [3.8, 4) is 0 Å². The van der Waals surface area contributed by atoms with E-state index in [-0.39, 0.29) is 28.7 Å². The van der Waals surface area contributed by atoms with E-state index in [0.29, 0.717) is 16.3 Å². The molecule has 9 aromatic rings. The summed E-state index contributed by atoms with van der Waals surface area (Å²) in [4.78, 5) is 71.7. The number of rotatable bonds is 20. The molecule has 1 saturated heterocycles. The van der Waals surface area contributed by atoms with Gasteiger partial charge >= 0.3 is 11.9 Å². The number of benzene rings is 8. The summed E-state index contributed by atoms with van der Waals surface area (Å²) in [5.41, 5.74) is 5.39. The van der Waals surface area contributed by atoms with Crippen molar-refractivity contribution in [3.05, 3.63) is 310 Å². The number of hydrogen-bond acceptors (Lipinski definition) is 12. The molecule has 8 aromatic carbocycles. The van der Waals surface area contributed by atoms with Gasteiger partial charge in [-0.15, -0.1) is 34.7 Å². The molecule has 402 valence electrons. The van der Waals surface area contributed by atoms with Gasteiger partial charge in [-0.2, -0.15) is 0 Å². The number of aromatic nitrogens is 1. The molecule has 0 bridgehead atoms. The molecule has 0 aliphatic carbocycles. The molecule has 2 aliphatic rings. The first-order valence-electron chi connectivity index (χ1n) is 26.1. The van der Waals surface area contributed by atoms with Crippen LogP contribution in [0.4, 0.5) is 5.13 Å². The molecule has 0 radical (unpaired) electrons. The molecule has 0 spiro atoms. The third-order valence-corrected chi connectivity index (χ3v) is 16.4. The van der Waals surface area contributed by atoms with Crippen LogP contribution in [-0.2, 0) is 39.0 Å². The monoisotopic (exact) mass is 1130 g/mol. The van der Waals surface area contributed by atoms with Crippen LogP contribution in [0.15, 0.2) is 264 Å². The standard InChI is InChI=1S/C66H52ClN5O7S2/c67-41-49-42-80-62-55(61(74)72(62)56(49)63(75)77-57(44-25-9-1-10-26-44)45-27-11-2-12-28-45)69-60(73)54(71-79-59(48-33-17-5-18-34-48)64(76)78-58(46-29-13-3-14-30-46)47-31-15-4-16-32-47)53-43-81-65(68-53)70-66(50-35-19-6-20-36-50,51-37-21-7-22-38-51)52-39-23-8-24-40-52/h1-40,43,55,57-59,62H,41-42H2,(H,68,70)(H,69,73)/t55?,59?,62-/m0/s1. The van der Waals surface area contributed by atoms with E-state index in [9.17, 15) is 14.4 Å². The van der Waals surface area contributed by atoms with Gasteiger partial charge in [-0.05, 0) is 44.5 Å². The number of β-lactam (4-membered cyclic amide) rings is 1.